The number of nitrogens with zero attached hydrogens (tertiary/aromatic N) is 1. The topological polar surface area (TPSA) is 3.24 Å². The van der Waals surface area contributed by atoms with E-state index in [1.54, 1.807) is 13.3 Å². The Morgan fingerprint density at radius 3 is 1.64 bits per heavy atom. The molecular weight excluding hydrogens is 277 g/mol. The van der Waals surface area contributed by atoms with E-state index in [9.17, 15) is 0 Å². The van der Waals surface area contributed by atoms with Gasteiger partial charge in [-0.25, -0.2) is 0 Å². The van der Waals surface area contributed by atoms with Crippen LogP contribution in [0.5, 0.6) is 0 Å². The number of rotatable bonds is 1. The molecule has 0 amide bonds. The zero-order chi connectivity index (χ0) is 10.0. The average molecular weight is 302 g/mol. The molecule has 2 heteroatoms. The van der Waals surface area contributed by atoms with E-state index in [1.165, 1.54) is 38.9 Å². The zero-order valence-corrected chi connectivity index (χ0v) is 12.7. The van der Waals surface area contributed by atoms with Crippen molar-refractivity contribution in [3.63, 3.8) is 0 Å². The standard InChI is InChI=1S/C9H18N.C3H7.Sn/c1-4-7-10(8-5-2)9-6-3;1-3-2;/h1-9H2;3H,1-2H3;. The van der Waals surface area contributed by atoms with Crippen molar-refractivity contribution in [3.05, 3.63) is 0 Å². The summed E-state index contributed by atoms with van der Waals surface area (Å²) >= 11 is -1.62. The summed E-state index contributed by atoms with van der Waals surface area (Å²) in [6, 6.07) is 0. The van der Waals surface area contributed by atoms with Gasteiger partial charge in [-0.15, -0.1) is 0 Å². The van der Waals surface area contributed by atoms with Crippen molar-refractivity contribution in [3.8, 4) is 0 Å². The molecular formula is C12H25NSn. The second-order valence-corrected chi connectivity index (χ2v) is 21.0. The minimum absolute atomic E-state index is 1.11. The molecule has 3 heterocycles. The van der Waals surface area contributed by atoms with E-state index in [1.807, 2.05) is 0 Å². The summed E-state index contributed by atoms with van der Waals surface area (Å²) in [5.74, 6) is 0. The molecule has 0 spiro atoms. The molecule has 3 fully saturated rings. The molecule has 14 heavy (non-hydrogen) atoms. The summed E-state index contributed by atoms with van der Waals surface area (Å²) in [6.45, 7) is 9.34. The molecule has 2 bridgehead atoms. The van der Waals surface area contributed by atoms with Gasteiger partial charge in [0, 0.05) is 0 Å². The molecule has 0 aromatic heterocycles. The third kappa shape index (κ3) is 2.29. The van der Waals surface area contributed by atoms with Gasteiger partial charge < -0.3 is 0 Å². The normalized spacial score (nSPS) is 39.2. The van der Waals surface area contributed by atoms with E-state index in [4.69, 9.17) is 0 Å². The van der Waals surface area contributed by atoms with Crippen LogP contribution in [0.2, 0.25) is 17.2 Å². The molecule has 0 aliphatic carbocycles. The average Bonchev–Trinajstić information content (AvgIpc) is 1.99. The molecule has 0 aromatic carbocycles. The first-order valence-corrected chi connectivity index (χ1v) is 14.2. The van der Waals surface area contributed by atoms with Gasteiger partial charge >= 0.3 is 93.3 Å². The summed E-state index contributed by atoms with van der Waals surface area (Å²) in [6.07, 6.45) is 4.61. The summed E-state index contributed by atoms with van der Waals surface area (Å²) in [5.41, 5.74) is 0. The Labute approximate surface area is 93.1 Å². The summed E-state index contributed by atoms with van der Waals surface area (Å²) in [4.78, 5) is 2.72. The third-order valence-electron chi connectivity index (χ3n) is 4.67. The van der Waals surface area contributed by atoms with Crippen LogP contribution in [0.25, 0.3) is 0 Å². The maximum absolute atomic E-state index is 2.72. The van der Waals surface area contributed by atoms with Crippen LogP contribution in [0.3, 0.4) is 0 Å². The fraction of sp³-hybridized carbons (Fsp3) is 1.00. The predicted molar refractivity (Wildman–Crippen MR) is 65.6 cm³/mol. The Balaban J connectivity index is 2.12. The minimum atomic E-state index is -1.62. The maximum atomic E-state index is 2.72. The van der Waals surface area contributed by atoms with E-state index < -0.39 is 18.4 Å². The molecule has 82 valence electrons. The van der Waals surface area contributed by atoms with Crippen molar-refractivity contribution in [1.29, 1.82) is 0 Å². The molecule has 3 aliphatic rings. The van der Waals surface area contributed by atoms with E-state index in [0.717, 1.165) is 3.93 Å². The monoisotopic (exact) mass is 303 g/mol. The molecule has 0 radical (unpaired) electrons. The number of fused-ring (bicyclic) bond motifs is 6. The first kappa shape index (κ1) is 11.3. The van der Waals surface area contributed by atoms with E-state index in [2.05, 4.69) is 18.7 Å². The molecule has 3 saturated heterocycles. The Morgan fingerprint density at radius 1 is 0.857 bits per heavy atom. The van der Waals surface area contributed by atoms with Crippen LogP contribution in [0.4, 0.5) is 0 Å². The zero-order valence-electron chi connectivity index (χ0n) is 9.89. The van der Waals surface area contributed by atoms with Crippen LogP contribution in [0, 0.1) is 0 Å². The summed E-state index contributed by atoms with van der Waals surface area (Å²) < 4.78 is 6.20. The first-order valence-electron chi connectivity index (χ1n) is 6.45. The Morgan fingerprint density at radius 2 is 1.29 bits per heavy atom. The van der Waals surface area contributed by atoms with Crippen molar-refractivity contribution >= 4 is 18.4 Å². The van der Waals surface area contributed by atoms with Crippen molar-refractivity contribution in [2.24, 2.45) is 0 Å². The van der Waals surface area contributed by atoms with Gasteiger partial charge in [0.05, 0.1) is 0 Å². The van der Waals surface area contributed by atoms with Gasteiger partial charge in [0.1, 0.15) is 0 Å². The van der Waals surface area contributed by atoms with Gasteiger partial charge in [-0.1, -0.05) is 0 Å². The van der Waals surface area contributed by atoms with Crippen LogP contribution >= 0.6 is 0 Å². The van der Waals surface area contributed by atoms with Crippen molar-refractivity contribution < 1.29 is 0 Å². The van der Waals surface area contributed by atoms with Crippen molar-refractivity contribution in [2.75, 3.05) is 19.6 Å². The van der Waals surface area contributed by atoms with Crippen molar-refractivity contribution in [1.82, 2.24) is 4.90 Å². The van der Waals surface area contributed by atoms with E-state index in [0.29, 0.717) is 0 Å². The van der Waals surface area contributed by atoms with Gasteiger partial charge in [0.25, 0.3) is 0 Å². The number of hydrogen-bond donors (Lipinski definition) is 0. The van der Waals surface area contributed by atoms with Gasteiger partial charge in [0.2, 0.25) is 0 Å². The fourth-order valence-corrected chi connectivity index (χ4v) is 18.0. The Bertz CT molecular complexity index is 164. The molecule has 0 saturated carbocycles. The summed E-state index contributed by atoms with van der Waals surface area (Å²) in [5, 5.41) is 0. The molecule has 0 atom stereocenters. The van der Waals surface area contributed by atoms with Crippen LogP contribution in [-0.2, 0) is 0 Å². The van der Waals surface area contributed by atoms with Crippen LogP contribution in [0.15, 0.2) is 0 Å². The molecule has 0 unspecified atom stereocenters. The number of hydrogen-bond acceptors (Lipinski definition) is 1. The van der Waals surface area contributed by atoms with E-state index >= 15 is 0 Å². The second kappa shape index (κ2) is 4.73. The van der Waals surface area contributed by atoms with Gasteiger partial charge in [-0.2, -0.15) is 0 Å². The first-order chi connectivity index (χ1) is 6.73. The van der Waals surface area contributed by atoms with Gasteiger partial charge in [0.15, 0.2) is 0 Å². The van der Waals surface area contributed by atoms with Crippen LogP contribution in [-0.4, -0.2) is 42.9 Å². The van der Waals surface area contributed by atoms with Gasteiger partial charge in [-0.05, 0) is 0 Å². The SMILES string of the molecule is C[CH](C)[Sn]12[CH2]CCN(CC[CH2]1)CC[CH2]2. The summed E-state index contributed by atoms with van der Waals surface area (Å²) in [7, 11) is 0. The quantitative estimate of drug-likeness (QED) is 0.672. The van der Waals surface area contributed by atoms with Crippen molar-refractivity contribution in [2.45, 2.75) is 50.4 Å². The molecule has 1 nitrogen and oxygen atoms in total. The van der Waals surface area contributed by atoms with Crippen LogP contribution < -0.4 is 0 Å². The Kier molecular flexibility index (Phi) is 3.80. The molecule has 3 rings (SSSR count). The Hall–Kier alpha value is 0.759. The predicted octanol–water partition coefficient (Wildman–Crippen LogP) is 3.34. The van der Waals surface area contributed by atoms with Gasteiger partial charge in [-0.3, -0.25) is 0 Å². The van der Waals surface area contributed by atoms with Crippen LogP contribution in [0.1, 0.15) is 33.1 Å². The fourth-order valence-electron chi connectivity index (χ4n) is 3.54. The third-order valence-corrected chi connectivity index (χ3v) is 23.2. The molecule has 3 aliphatic heterocycles. The molecule has 0 N–H and O–H groups in total. The second-order valence-electron chi connectivity index (χ2n) is 5.67. The molecule has 0 aromatic rings. The van der Waals surface area contributed by atoms with E-state index in [-0.39, 0.29) is 0 Å².